The molecule has 0 radical (unpaired) electrons. The van der Waals surface area contributed by atoms with Gasteiger partial charge in [-0.05, 0) is 25.3 Å². The Morgan fingerprint density at radius 1 is 1.00 bits per heavy atom. The van der Waals surface area contributed by atoms with Crippen LogP contribution in [-0.2, 0) is 5.60 Å². The second-order valence-electron chi connectivity index (χ2n) is 5.85. The van der Waals surface area contributed by atoms with Crippen LogP contribution in [0.4, 0.5) is 0 Å². The van der Waals surface area contributed by atoms with Crippen LogP contribution in [0.5, 0.6) is 0 Å². The minimum Gasteiger partial charge on any atom is -0.383 e. The average Bonchev–Trinajstić information content (AvgIpc) is 2.43. The van der Waals surface area contributed by atoms with Crippen molar-refractivity contribution in [2.45, 2.75) is 70.4 Å². The molecule has 0 spiro atoms. The molecule has 0 bridgehead atoms. The highest BCUT2D eigenvalue weighted by Crippen LogP contribution is 2.38. The van der Waals surface area contributed by atoms with E-state index in [1.807, 2.05) is 37.3 Å². The molecule has 0 aliphatic carbocycles. The number of hydrogen-bond donors (Lipinski definition) is 2. The molecule has 2 nitrogen and oxygen atoms in total. The molecule has 1 rings (SSSR count). The van der Waals surface area contributed by atoms with E-state index < -0.39 is 11.1 Å². The largest absolute Gasteiger partial charge is 0.383 e. The SMILES string of the molecule is CCCC[C@@](C)(N)[C@](O)(CCCC)c1ccccc1. The van der Waals surface area contributed by atoms with E-state index in [9.17, 15) is 5.11 Å². The lowest BCUT2D eigenvalue weighted by atomic mass is 9.71. The molecular weight excluding hydrogens is 234 g/mol. The van der Waals surface area contributed by atoms with Crippen LogP contribution in [-0.4, -0.2) is 10.6 Å². The van der Waals surface area contributed by atoms with Crippen molar-refractivity contribution in [1.82, 2.24) is 0 Å². The van der Waals surface area contributed by atoms with Crippen LogP contribution in [0.2, 0.25) is 0 Å². The van der Waals surface area contributed by atoms with Gasteiger partial charge >= 0.3 is 0 Å². The zero-order valence-corrected chi connectivity index (χ0v) is 12.7. The third kappa shape index (κ3) is 3.80. The molecule has 19 heavy (non-hydrogen) atoms. The molecule has 0 aliphatic rings. The van der Waals surface area contributed by atoms with E-state index in [-0.39, 0.29) is 0 Å². The summed E-state index contributed by atoms with van der Waals surface area (Å²) in [6.07, 6.45) is 5.78. The molecule has 0 amide bonds. The van der Waals surface area contributed by atoms with Crippen molar-refractivity contribution < 1.29 is 5.11 Å². The smallest absolute Gasteiger partial charge is 0.107 e. The van der Waals surface area contributed by atoms with Crippen molar-refractivity contribution in [3.8, 4) is 0 Å². The predicted octanol–water partition coefficient (Wildman–Crippen LogP) is 3.97. The Morgan fingerprint density at radius 3 is 2.05 bits per heavy atom. The first-order valence-corrected chi connectivity index (χ1v) is 7.54. The lowest BCUT2D eigenvalue weighted by Crippen LogP contribution is -2.56. The number of nitrogens with two attached hydrogens (primary N) is 1. The van der Waals surface area contributed by atoms with E-state index in [2.05, 4.69) is 13.8 Å². The Kier molecular flexibility index (Phi) is 6.02. The van der Waals surface area contributed by atoms with Crippen LogP contribution in [0.1, 0.15) is 64.9 Å². The first-order valence-electron chi connectivity index (χ1n) is 7.54. The molecule has 108 valence electrons. The van der Waals surface area contributed by atoms with Crippen LogP contribution in [0, 0.1) is 0 Å². The van der Waals surface area contributed by atoms with Gasteiger partial charge in [-0.2, -0.15) is 0 Å². The monoisotopic (exact) mass is 263 g/mol. The molecule has 0 heterocycles. The lowest BCUT2D eigenvalue weighted by molar-refractivity contribution is -0.0481. The maximum atomic E-state index is 11.2. The maximum absolute atomic E-state index is 11.2. The second kappa shape index (κ2) is 7.06. The van der Waals surface area contributed by atoms with Gasteiger partial charge in [-0.15, -0.1) is 0 Å². The van der Waals surface area contributed by atoms with Gasteiger partial charge in [0.1, 0.15) is 5.60 Å². The highest BCUT2D eigenvalue weighted by Gasteiger charge is 2.44. The summed E-state index contributed by atoms with van der Waals surface area (Å²) in [5.74, 6) is 0. The number of benzene rings is 1. The quantitative estimate of drug-likeness (QED) is 0.745. The summed E-state index contributed by atoms with van der Waals surface area (Å²) in [5, 5.41) is 11.2. The summed E-state index contributed by atoms with van der Waals surface area (Å²) in [7, 11) is 0. The third-order valence-electron chi connectivity index (χ3n) is 4.14. The van der Waals surface area contributed by atoms with Crippen LogP contribution < -0.4 is 5.73 Å². The van der Waals surface area contributed by atoms with E-state index in [0.29, 0.717) is 0 Å². The molecule has 2 heteroatoms. The van der Waals surface area contributed by atoms with Crippen LogP contribution >= 0.6 is 0 Å². The van der Waals surface area contributed by atoms with Gasteiger partial charge in [-0.1, -0.05) is 69.9 Å². The van der Waals surface area contributed by atoms with Crippen LogP contribution in [0.15, 0.2) is 30.3 Å². The summed E-state index contributed by atoms with van der Waals surface area (Å²) in [6, 6.07) is 9.91. The molecule has 0 unspecified atom stereocenters. The van der Waals surface area contributed by atoms with Crippen LogP contribution in [0.25, 0.3) is 0 Å². The number of hydrogen-bond acceptors (Lipinski definition) is 2. The topological polar surface area (TPSA) is 46.2 Å². The Balaban J connectivity index is 3.05. The standard InChI is InChI=1S/C17H29NO/c1-4-6-13-16(3,18)17(19,14-7-5-2)15-11-9-8-10-12-15/h8-12,19H,4-7,13-14,18H2,1-3H3/t16-,17+/m1/s1. The second-order valence-corrected chi connectivity index (χ2v) is 5.85. The first-order chi connectivity index (χ1) is 8.98. The van der Waals surface area contributed by atoms with Crippen molar-refractivity contribution in [2.24, 2.45) is 5.73 Å². The molecule has 0 aromatic heterocycles. The summed E-state index contributed by atoms with van der Waals surface area (Å²) in [5.41, 5.74) is 5.94. The fourth-order valence-electron chi connectivity index (χ4n) is 2.66. The highest BCUT2D eigenvalue weighted by atomic mass is 16.3. The van der Waals surface area contributed by atoms with E-state index in [0.717, 1.165) is 44.1 Å². The van der Waals surface area contributed by atoms with Crippen molar-refractivity contribution in [2.75, 3.05) is 0 Å². The molecule has 3 N–H and O–H groups in total. The summed E-state index contributed by atoms with van der Waals surface area (Å²) < 4.78 is 0. The fraction of sp³-hybridized carbons (Fsp3) is 0.647. The summed E-state index contributed by atoms with van der Waals surface area (Å²) >= 11 is 0. The fourth-order valence-corrected chi connectivity index (χ4v) is 2.66. The van der Waals surface area contributed by atoms with Crippen molar-refractivity contribution in [3.05, 3.63) is 35.9 Å². The Morgan fingerprint density at radius 2 is 1.53 bits per heavy atom. The Hall–Kier alpha value is -0.860. The molecule has 0 aliphatic heterocycles. The van der Waals surface area contributed by atoms with Crippen molar-refractivity contribution >= 4 is 0 Å². The molecule has 0 fully saturated rings. The molecule has 1 aromatic rings. The normalized spacial score (nSPS) is 17.7. The predicted molar refractivity (Wildman–Crippen MR) is 82.0 cm³/mol. The van der Waals surface area contributed by atoms with Crippen molar-refractivity contribution in [3.63, 3.8) is 0 Å². The van der Waals surface area contributed by atoms with Gasteiger partial charge < -0.3 is 10.8 Å². The Labute approximate surface area is 118 Å². The van der Waals surface area contributed by atoms with Gasteiger partial charge in [0.05, 0.1) is 0 Å². The van der Waals surface area contributed by atoms with Gasteiger partial charge in [0, 0.05) is 5.54 Å². The molecule has 0 saturated heterocycles. The van der Waals surface area contributed by atoms with E-state index in [1.54, 1.807) is 0 Å². The summed E-state index contributed by atoms with van der Waals surface area (Å²) in [6.45, 7) is 6.29. The van der Waals surface area contributed by atoms with E-state index in [4.69, 9.17) is 5.73 Å². The summed E-state index contributed by atoms with van der Waals surface area (Å²) in [4.78, 5) is 0. The van der Waals surface area contributed by atoms with Gasteiger partial charge in [0.2, 0.25) is 0 Å². The third-order valence-corrected chi connectivity index (χ3v) is 4.14. The minimum absolute atomic E-state index is 0.584. The number of aliphatic hydroxyl groups is 1. The maximum Gasteiger partial charge on any atom is 0.107 e. The average molecular weight is 263 g/mol. The lowest BCUT2D eigenvalue weighted by Gasteiger charge is -2.43. The highest BCUT2D eigenvalue weighted by molar-refractivity contribution is 5.26. The zero-order chi connectivity index (χ0) is 14.4. The van der Waals surface area contributed by atoms with Gasteiger partial charge in [-0.25, -0.2) is 0 Å². The zero-order valence-electron chi connectivity index (χ0n) is 12.7. The van der Waals surface area contributed by atoms with E-state index in [1.165, 1.54) is 0 Å². The first kappa shape index (κ1) is 16.2. The Bertz CT molecular complexity index is 361. The van der Waals surface area contributed by atoms with Crippen molar-refractivity contribution in [1.29, 1.82) is 0 Å². The molecule has 1 aromatic carbocycles. The van der Waals surface area contributed by atoms with E-state index >= 15 is 0 Å². The van der Waals surface area contributed by atoms with Gasteiger partial charge in [0.25, 0.3) is 0 Å². The number of unbranched alkanes of at least 4 members (excludes halogenated alkanes) is 2. The molecular formula is C17H29NO. The molecule has 2 atom stereocenters. The van der Waals surface area contributed by atoms with Crippen LogP contribution in [0.3, 0.4) is 0 Å². The van der Waals surface area contributed by atoms with Gasteiger partial charge in [0.15, 0.2) is 0 Å². The number of rotatable bonds is 8. The minimum atomic E-state index is -0.931. The van der Waals surface area contributed by atoms with Gasteiger partial charge in [-0.3, -0.25) is 0 Å². The molecule has 0 saturated carbocycles.